The summed E-state index contributed by atoms with van der Waals surface area (Å²) in [6.45, 7) is 13.8. The largest absolute Gasteiger partial charge is 0.400 e. The zero-order valence-corrected chi connectivity index (χ0v) is 10.8. The summed E-state index contributed by atoms with van der Waals surface area (Å²) >= 11 is 0. The molecule has 0 heterocycles. The lowest BCUT2D eigenvalue weighted by atomic mass is 10.4. The van der Waals surface area contributed by atoms with Crippen molar-refractivity contribution in [1.29, 1.82) is 0 Å². The van der Waals surface area contributed by atoms with E-state index in [1.54, 1.807) is 0 Å². The first-order valence-electron chi connectivity index (χ1n) is 5.22. The third kappa shape index (κ3) is 40.7. The normalized spacial score (nSPS) is 9.00. The van der Waals surface area contributed by atoms with Gasteiger partial charge in [0.1, 0.15) is 0 Å². The number of rotatable bonds is 4. The second-order valence-electron chi connectivity index (χ2n) is 3.02. The van der Waals surface area contributed by atoms with Crippen LogP contribution in [0.4, 0.5) is 0 Å². The molecule has 0 aliphatic rings. The van der Waals surface area contributed by atoms with Crippen molar-refractivity contribution >= 4 is 0 Å². The highest BCUT2D eigenvalue weighted by Crippen LogP contribution is 1.93. The van der Waals surface area contributed by atoms with E-state index >= 15 is 0 Å². The van der Waals surface area contributed by atoms with E-state index in [-0.39, 0.29) is 0 Å². The third-order valence-corrected chi connectivity index (χ3v) is 0.953. The highest BCUT2D eigenvalue weighted by atomic mass is 16.5. The second kappa shape index (κ2) is 18.6. The van der Waals surface area contributed by atoms with Crippen LogP contribution in [-0.2, 0) is 9.47 Å². The van der Waals surface area contributed by atoms with Gasteiger partial charge in [0.15, 0.2) is 0 Å². The molecular formula is C11H28O3. The standard InChI is InChI=1S/C6H14O.C4H10O.CH4O/c1-5(2)7-6(3)4;1-3-5-4-2;1-2/h5-6H,1-4H3;3-4H2,1-2H3;2H,1H3. The average Bonchev–Trinajstić information content (AvgIpc) is 2.08. The number of ether oxygens (including phenoxy) is 2. The van der Waals surface area contributed by atoms with Gasteiger partial charge in [0, 0.05) is 20.3 Å². The summed E-state index contributed by atoms with van der Waals surface area (Å²) < 4.78 is 10.1. The molecule has 0 bridgehead atoms. The Bertz CT molecular complexity index is 64.9. The summed E-state index contributed by atoms with van der Waals surface area (Å²) in [5.41, 5.74) is 0. The van der Waals surface area contributed by atoms with Crippen molar-refractivity contribution in [2.45, 2.75) is 53.8 Å². The minimum absolute atomic E-state index is 0.375. The van der Waals surface area contributed by atoms with Gasteiger partial charge in [0.05, 0.1) is 12.2 Å². The van der Waals surface area contributed by atoms with Crippen molar-refractivity contribution in [3.8, 4) is 0 Å². The Labute approximate surface area is 89.4 Å². The fourth-order valence-corrected chi connectivity index (χ4v) is 0.748. The first-order valence-corrected chi connectivity index (χ1v) is 5.22. The van der Waals surface area contributed by atoms with E-state index in [4.69, 9.17) is 14.6 Å². The Kier molecular flexibility index (Phi) is 25.9. The lowest BCUT2D eigenvalue weighted by molar-refractivity contribution is 0.0300. The summed E-state index contributed by atoms with van der Waals surface area (Å²) in [5, 5.41) is 7.00. The van der Waals surface area contributed by atoms with Crippen molar-refractivity contribution in [2.24, 2.45) is 0 Å². The van der Waals surface area contributed by atoms with Crippen LogP contribution in [0, 0.1) is 0 Å². The highest BCUT2D eigenvalue weighted by molar-refractivity contribution is 4.40. The Hall–Kier alpha value is -0.120. The van der Waals surface area contributed by atoms with Crippen molar-refractivity contribution in [3.63, 3.8) is 0 Å². The van der Waals surface area contributed by atoms with Gasteiger partial charge in [-0.15, -0.1) is 0 Å². The molecule has 0 aromatic heterocycles. The van der Waals surface area contributed by atoms with Gasteiger partial charge in [0.2, 0.25) is 0 Å². The molecule has 0 amide bonds. The molecule has 0 spiro atoms. The van der Waals surface area contributed by atoms with Crippen LogP contribution in [0.5, 0.6) is 0 Å². The molecule has 0 aromatic carbocycles. The smallest absolute Gasteiger partial charge is 0.0522 e. The Morgan fingerprint density at radius 3 is 1.14 bits per heavy atom. The maximum absolute atomic E-state index is 7.00. The van der Waals surface area contributed by atoms with Crippen molar-refractivity contribution in [1.82, 2.24) is 0 Å². The fraction of sp³-hybridized carbons (Fsp3) is 1.00. The summed E-state index contributed by atoms with van der Waals surface area (Å²) in [7, 11) is 1.00. The zero-order chi connectivity index (χ0) is 12.0. The summed E-state index contributed by atoms with van der Waals surface area (Å²) in [6.07, 6.45) is 0.750. The van der Waals surface area contributed by atoms with Crippen molar-refractivity contribution in [3.05, 3.63) is 0 Å². The SMILES string of the molecule is CC(C)OC(C)C.CCOCC.CO. The van der Waals surface area contributed by atoms with Crippen LogP contribution >= 0.6 is 0 Å². The summed E-state index contributed by atoms with van der Waals surface area (Å²) in [5.74, 6) is 0. The van der Waals surface area contributed by atoms with E-state index < -0.39 is 0 Å². The molecule has 3 heteroatoms. The van der Waals surface area contributed by atoms with Crippen molar-refractivity contribution < 1.29 is 14.6 Å². The Balaban J connectivity index is -0.000000152. The van der Waals surface area contributed by atoms with Crippen LogP contribution in [0.2, 0.25) is 0 Å². The summed E-state index contributed by atoms with van der Waals surface area (Å²) in [4.78, 5) is 0. The number of hydrogen-bond acceptors (Lipinski definition) is 3. The highest BCUT2D eigenvalue weighted by Gasteiger charge is 1.94. The molecule has 0 aliphatic heterocycles. The number of aliphatic hydroxyl groups is 1. The third-order valence-electron chi connectivity index (χ3n) is 0.953. The molecule has 1 N–H and O–H groups in total. The number of aliphatic hydroxyl groups excluding tert-OH is 1. The lowest BCUT2D eigenvalue weighted by Crippen LogP contribution is -2.09. The molecular weight excluding hydrogens is 180 g/mol. The molecule has 0 saturated heterocycles. The molecule has 0 aliphatic carbocycles. The minimum atomic E-state index is 0.375. The molecule has 0 aromatic rings. The molecule has 0 fully saturated rings. The van der Waals surface area contributed by atoms with Gasteiger partial charge in [-0.25, -0.2) is 0 Å². The van der Waals surface area contributed by atoms with E-state index in [2.05, 4.69) is 0 Å². The van der Waals surface area contributed by atoms with Gasteiger partial charge in [-0.3, -0.25) is 0 Å². The molecule has 0 rings (SSSR count). The predicted octanol–water partition coefficient (Wildman–Crippen LogP) is 2.47. The monoisotopic (exact) mass is 208 g/mol. The Morgan fingerprint density at radius 2 is 1.14 bits per heavy atom. The van der Waals surface area contributed by atoms with Gasteiger partial charge in [-0.2, -0.15) is 0 Å². The first-order chi connectivity index (χ1) is 6.54. The van der Waals surface area contributed by atoms with Crippen LogP contribution < -0.4 is 0 Å². The van der Waals surface area contributed by atoms with Crippen LogP contribution in [0.15, 0.2) is 0 Å². The van der Waals surface area contributed by atoms with E-state index in [0.717, 1.165) is 20.3 Å². The van der Waals surface area contributed by atoms with E-state index in [9.17, 15) is 0 Å². The van der Waals surface area contributed by atoms with Crippen LogP contribution in [-0.4, -0.2) is 37.6 Å². The molecule has 0 radical (unpaired) electrons. The first kappa shape index (κ1) is 19.5. The zero-order valence-electron chi connectivity index (χ0n) is 10.8. The molecule has 3 nitrogen and oxygen atoms in total. The van der Waals surface area contributed by atoms with Gasteiger partial charge in [0.25, 0.3) is 0 Å². The second-order valence-corrected chi connectivity index (χ2v) is 3.02. The molecule has 90 valence electrons. The van der Waals surface area contributed by atoms with E-state index in [0.29, 0.717) is 12.2 Å². The van der Waals surface area contributed by atoms with Gasteiger partial charge in [-0.1, -0.05) is 0 Å². The Morgan fingerprint density at radius 1 is 0.857 bits per heavy atom. The van der Waals surface area contributed by atoms with Crippen LogP contribution in [0.25, 0.3) is 0 Å². The maximum Gasteiger partial charge on any atom is 0.0522 e. The maximum atomic E-state index is 7.00. The average molecular weight is 208 g/mol. The fourth-order valence-electron chi connectivity index (χ4n) is 0.748. The van der Waals surface area contributed by atoms with Gasteiger partial charge in [-0.05, 0) is 41.5 Å². The minimum Gasteiger partial charge on any atom is -0.400 e. The van der Waals surface area contributed by atoms with Crippen LogP contribution in [0.3, 0.4) is 0 Å². The quantitative estimate of drug-likeness (QED) is 0.771. The summed E-state index contributed by atoms with van der Waals surface area (Å²) in [6, 6.07) is 0. The molecule has 0 unspecified atom stereocenters. The van der Waals surface area contributed by atoms with Crippen LogP contribution in [0.1, 0.15) is 41.5 Å². The lowest BCUT2D eigenvalue weighted by Gasteiger charge is -2.09. The molecule has 0 atom stereocenters. The number of hydrogen-bond donors (Lipinski definition) is 1. The predicted molar refractivity (Wildman–Crippen MR) is 61.7 cm³/mol. The molecule has 14 heavy (non-hydrogen) atoms. The van der Waals surface area contributed by atoms with E-state index in [1.807, 2.05) is 41.5 Å². The van der Waals surface area contributed by atoms with E-state index in [1.165, 1.54) is 0 Å². The van der Waals surface area contributed by atoms with Crippen molar-refractivity contribution in [2.75, 3.05) is 20.3 Å². The topological polar surface area (TPSA) is 38.7 Å². The van der Waals surface area contributed by atoms with Gasteiger partial charge < -0.3 is 14.6 Å². The molecule has 0 saturated carbocycles. The van der Waals surface area contributed by atoms with Gasteiger partial charge >= 0.3 is 0 Å².